The molecule has 3 heteroatoms. The number of carboxylic acids is 1. The summed E-state index contributed by atoms with van der Waals surface area (Å²) in [6.07, 6.45) is 9.03. The lowest BCUT2D eigenvalue weighted by atomic mass is 10.1. The van der Waals surface area contributed by atoms with E-state index in [4.69, 9.17) is 5.11 Å². The monoisotopic (exact) mass is 292 g/mol. The van der Waals surface area contributed by atoms with E-state index < -0.39 is 5.97 Å². The number of hydrogen-bond donors (Lipinski definition) is 2. The molecule has 0 bridgehead atoms. The summed E-state index contributed by atoms with van der Waals surface area (Å²) >= 11 is 0. The van der Waals surface area contributed by atoms with E-state index >= 15 is 0 Å². The molecule has 0 aliphatic rings. The fourth-order valence-corrected chi connectivity index (χ4v) is 1.89. The number of carbonyl (C=O) groups is 1. The van der Waals surface area contributed by atoms with E-state index in [2.05, 4.69) is 30.6 Å². The van der Waals surface area contributed by atoms with Gasteiger partial charge in [-0.25, -0.2) is 0 Å². The lowest BCUT2D eigenvalue weighted by Gasteiger charge is -2.05. The fraction of sp³-hybridized carbons (Fsp3) is 0.722. The van der Waals surface area contributed by atoms with Gasteiger partial charge in [0.1, 0.15) is 0 Å². The second kappa shape index (κ2) is 14.9. The molecule has 0 rings (SSSR count). The molecule has 0 fully saturated rings. The Hall–Kier alpha value is -1.45. The minimum Gasteiger partial charge on any atom is -0.481 e. The lowest BCUT2D eigenvalue weighted by Crippen LogP contribution is -2.04. The van der Waals surface area contributed by atoms with E-state index in [0.717, 1.165) is 44.9 Å². The van der Waals surface area contributed by atoms with Crippen molar-refractivity contribution in [3.8, 4) is 23.7 Å². The number of carboxylic acid groups (broad SMARTS) is 1. The first kappa shape index (κ1) is 19.6. The zero-order chi connectivity index (χ0) is 15.8. The molecule has 0 spiro atoms. The summed E-state index contributed by atoms with van der Waals surface area (Å²) in [5, 5.41) is 18.2. The van der Waals surface area contributed by atoms with Crippen LogP contribution in [0.15, 0.2) is 0 Å². The van der Waals surface area contributed by atoms with Crippen LogP contribution < -0.4 is 0 Å². The molecule has 0 amide bonds. The van der Waals surface area contributed by atoms with Crippen LogP contribution in [0.2, 0.25) is 0 Å². The van der Waals surface area contributed by atoms with Crippen LogP contribution in [0.1, 0.15) is 77.6 Å². The Morgan fingerprint density at radius 1 is 1.00 bits per heavy atom. The SMILES string of the molecule is CCCCCC#CC#CC[C@H](O)CCCCCCC(=O)O. The highest BCUT2D eigenvalue weighted by Crippen LogP contribution is 2.08. The van der Waals surface area contributed by atoms with Crippen LogP contribution in [0.3, 0.4) is 0 Å². The highest BCUT2D eigenvalue weighted by molar-refractivity contribution is 5.66. The molecule has 1 atom stereocenters. The molecule has 0 unspecified atom stereocenters. The molecule has 2 N–H and O–H groups in total. The van der Waals surface area contributed by atoms with E-state index in [9.17, 15) is 9.90 Å². The number of rotatable bonds is 11. The van der Waals surface area contributed by atoms with Crippen LogP contribution in [0.5, 0.6) is 0 Å². The smallest absolute Gasteiger partial charge is 0.303 e. The topological polar surface area (TPSA) is 57.5 Å². The number of hydrogen-bond acceptors (Lipinski definition) is 2. The van der Waals surface area contributed by atoms with Crippen molar-refractivity contribution in [3.05, 3.63) is 0 Å². The van der Waals surface area contributed by atoms with Gasteiger partial charge >= 0.3 is 5.97 Å². The zero-order valence-electron chi connectivity index (χ0n) is 13.2. The van der Waals surface area contributed by atoms with Gasteiger partial charge in [0.2, 0.25) is 0 Å². The molecule has 0 heterocycles. The zero-order valence-corrected chi connectivity index (χ0v) is 13.2. The van der Waals surface area contributed by atoms with Gasteiger partial charge in [0.15, 0.2) is 0 Å². The molecule has 0 saturated heterocycles. The molecule has 0 aliphatic carbocycles. The number of aliphatic hydroxyl groups excluding tert-OH is 1. The van der Waals surface area contributed by atoms with Gasteiger partial charge in [0.25, 0.3) is 0 Å². The van der Waals surface area contributed by atoms with Crippen molar-refractivity contribution in [2.45, 2.75) is 83.7 Å². The van der Waals surface area contributed by atoms with Crippen molar-refractivity contribution >= 4 is 5.97 Å². The van der Waals surface area contributed by atoms with E-state index in [1.807, 2.05) is 0 Å². The van der Waals surface area contributed by atoms with E-state index in [0.29, 0.717) is 6.42 Å². The fourth-order valence-electron chi connectivity index (χ4n) is 1.89. The summed E-state index contributed by atoms with van der Waals surface area (Å²) in [4.78, 5) is 10.3. The van der Waals surface area contributed by atoms with Crippen molar-refractivity contribution in [2.75, 3.05) is 0 Å². The molecule has 21 heavy (non-hydrogen) atoms. The Morgan fingerprint density at radius 2 is 1.71 bits per heavy atom. The van der Waals surface area contributed by atoms with Crippen LogP contribution in [0.25, 0.3) is 0 Å². The van der Waals surface area contributed by atoms with Gasteiger partial charge < -0.3 is 10.2 Å². The minimum atomic E-state index is -0.735. The average Bonchev–Trinajstić information content (AvgIpc) is 2.45. The van der Waals surface area contributed by atoms with Crippen molar-refractivity contribution < 1.29 is 15.0 Å². The Kier molecular flexibility index (Phi) is 13.9. The molecule has 0 aliphatic heterocycles. The van der Waals surface area contributed by atoms with Crippen molar-refractivity contribution in [1.29, 1.82) is 0 Å². The Bertz CT molecular complexity index is 379. The van der Waals surface area contributed by atoms with Crippen LogP contribution in [0, 0.1) is 23.7 Å². The van der Waals surface area contributed by atoms with Crippen LogP contribution >= 0.6 is 0 Å². The Labute approximate surface area is 129 Å². The van der Waals surface area contributed by atoms with Gasteiger partial charge in [0, 0.05) is 19.3 Å². The molecule has 118 valence electrons. The van der Waals surface area contributed by atoms with Crippen LogP contribution in [0.4, 0.5) is 0 Å². The van der Waals surface area contributed by atoms with Gasteiger partial charge in [-0.2, -0.15) is 0 Å². The van der Waals surface area contributed by atoms with Gasteiger partial charge in [0.05, 0.1) is 6.10 Å². The molecule has 0 aromatic carbocycles. The third-order valence-corrected chi connectivity index (χ3v) is 3.16. The average molecular weight is 292 g/mol. The van der Waals surface area contributed by atoms with Crippen LogP contribution in [-0.2, 0) is 4.79 Å². The third-order valence-electron chi connectivity index (χ3n) is 3.16. The lowest BCUT2D eigenvalue weighted by molar-refractivity contribution is -0.137. The molecular formula is C18H28O3. The Morgan fingerprint density at radius 3 is 2.43 bits per heavy atom. The standard InChI is InChI=1S/C18H28O3/c1-2-3-4-5-6-7-8-11-14-17(19)15-12-9-10-13-16-18(20)21/h17,19H,2-5,9-10,12-16H2,1H3,(H,20,21)/t17-/m0/s1. The largest absolute Gasteiger partial charge is 0.481 e. The van der Waals surface area contributed by atoms with Crippen molar-refractivity contribution in [3.63, 3.8) is 0 Å². The predicted octanol–water partition coefficient (Wildman–Crippen LogP) is 3.75. The van der Waals surface area contributed by atoms with Gasteiger partial charge in [-0.1, -0.05) is 50.9 Å². The number of aliphatic carboxylic acids is 1. The highest BCUT2D eigenvalue weighted by atomic mass is 16.4. The molecule has 0 saturated carbocycles. The number of aliphatic hydroxyl groups is 1. The molecule has 0 aromatic heterocycles. The van der Waals surface area contributed by atoms with Gasteiger partial charge in [-0.3, -0.25) is 4.79 Å². The Balaban J connectivity index is 3.49. The molecule has 0 radical (unpaired) electrons. The summed E-state index contributed by atoms with van der Waals surface area (Å²) in [5.74, 6) is 10.8. The van der Waals surface area contributed by atoms with Gasteiger partial charge in [-0.15, -0.1) is 0 Å². The maximum absolute atomic E-state index is 10.3. The quantitative estimate of drug-likeness (QED) is 0.450. The first-order chi connectivity index (χ1) is 10.2. The van der Waals surface area contributed by atoms with E-state index in [1.54, 1.807) is 0 Å². The first-order valence-electron chi connectivity index (χ1n) is 8.02. The maximum Gasteiger partial charge on any atom is 0.303 e. The molecule has 0 aromatic rings. The first-order valence-corrected chi connectivity index (χ1v) is 8.02. The summed E-state index contributed by atoms with van der Waals surface area (Å²) < 4.78 is 0. The van der Waals surface area contributed by atoms with Crippen LogP contribution in [-0.4, -0.2) is 22.3 Å². The normalized spacial score (nSPS) is 11.0. The van der Waals surface area contributed by atoms with Crippen molar-refractivity contribution in [1.82, 2.24) is 0 Å². The predicted molar refractivity (Wildman–Crippen MR) is 85.7 cm³/mol. The van der Waals surface area contributed by atoms with Crippen molar-refractivity contribution in [2.24, 2.45) is 0 Å². The molecular weight excluding hydrogens is 264 g/mol. The number of unbranched alkanes of at least 4 members (excludes halogenated alkanes) is 6. The van der Waals surface area contributed by atoms with E-state index in [1.165, 1.54) is 12.8 Å². The summed E-state index contributed by atoms with van der Waals surface area (Å²) in [5.41, 5.74) is 0. The maximum atomic E-state index is 10.3. The van der Waals surface area contributed by atoms with E-state index in [-0.39, 0.29) is 12.5 Å². The summed E-state index contributed by atoms with van der Waals surface area (Å²) in [6.45, 7) is 2.17. The minimum absolute atomic E-state index is 0.241. The second-order valence-electron chi connectivity index (χ2n) is 5.27. The summed E-state index contributed by atoms with van der Waals surface area (Å²) in [6, 6.07) is 0. The second-order valence-corrected chi connectivity index (χ2v) is 5.27. The highest BCUT2D eigenvalue weighted by Gasteiger charge is 2.02. The van der Waals surface area contributed by atoms with Gasteiger partial charge in [-0.05, 0) is 31.1 Å². The molecule has 3 nitrogen and oxygen atoms in total. The third kappa shape index (κ3) is 16.5. The summed E-state index contributed by atoms with van der Waals surface area (Å²) in [7, 11) is 0.